The van der Waals surface area contributed by atoms with Crippen molar-refractivity contribution < 1.29 is 5.11 Å². The van der Waals surface area contributed by atoms with Crippen LogP contribution in [0, 0.1) is 11.3 Å². The van der Waals surface area contributed by atoms with Crippen molar-refractivity contribution >= 4 is 6.08 Å². The SMILES string of the molecule is N#Cc1ccc(C=CCCC(O)c2nncn2Cc2ccccc2)cc1. The van der Waals surface area contributed by atoms with Crippen LogP contribution in [0.15, 0.2) is 67.0 Å². The molecule has 130 valence electrons. The first-order chi connectivity index (χ1) is 12.8. The highest BCUT2D eigenvalue weighted by Gasteiger charge is 2.14. The van der Waals surface area contributed by atoms with Gasteiger partial charge < -0.3 is 9.67 Å². The van der Waals surface area contributed by atoms with Crippen molar-refractivity contribution in [1.82, 2.24) is 14.8 Å². The maximum absolute atomic E-state index is 10.4. The molecule has 0 saturated heterocycles. The molecule has 0 aliphatic heterocycles. The van der Waals surface area contributed by atoms with E-state index in [1.54, 1.807) is 18.5 Å². The summed E-state index contributed by atoms with van der Waals surface area (Å²) in [6.45, 7) is 0.640. The molecular weight excluding hydrogens is 324 g/mol. The van der Waals surface area contributed by atoms with Crippen molar-refractivity contribution in [2.75, 3.05) is 0 Å². The Morgan fingerprint density at radius 1 is 1.12 bits per heavy atom. The highest BCUT2D eigenvalue weighted by atomic mass is 16.3. The first-order valence-electron chi connectivity index (χ1n) is 8.52. The number of benzene rings is 2. The van der Waals surface area contributed by atoms with Gasteiger partial charge in [-0.25, -0.2) is 0 Å². The number of allylic oxidation sites excluding steroid dienone is 1. The van der Waals surface area contributed by atoms with Crippen molar-refractivity contribution in [2.24, 2.45) is 0 Å². The van der Waals surface area contributed by atoms with Gasteiger partial charge in [-0.3, -0.25) is 0 Å². The molecule has 3 aromatic rings. The molecule has 0 fully saturated rings. The Morgan fingerprint density at radius 2 is 1.88 bits per heavy atom. The van der Waals surface area contributed by atoms with Gasteiger partial charge in [0, 0.05) is 0 Å². The number of nitrogens with zero attached hydrogens (tertiary/aromatic N) is 4. The summed E-state index contributed by atoms with van der Waals surface area (Å²) in [5.74, 6) is 0.584. The Bertz CT molecular complexity index is 892. The van der Waals surface area contributed by atoms with Crippen LogP contribution >= 0.6 is 0 Å². The quantitative estimate of drug-likeness (QED) is 0.709. The van der Waals surface area contributed by atoms with Crippen LogP contribution in [-0.2, 0) is 6.54 Å². The van der Waals surface area contributed by atoms with Gasteiger partial charge in [0.1, 0.15) is 12.4 Å². The van der Waals surface area contributed by atoms with Gasteiger partial charge in [0.2, 0.25) is 0 Å². The Hall–Kier alpha value is -3.23. The van der Waals surface area contributed by atoms with Crippen LogP contribution in [0.25, 0.3) is 6.08 Å². The summed E-state index contributed by atoms with van der Waals surface area (Å²) in [6, 6.07) is 19.5. The zero-order chi connectivity index (χ0) is 18.2. The summed E-state index contributed by atoms with van der Waals surface area (Å²) in [6.07, 6.45) is 6.29. The normalized spacial score (nSPS) is 12.2. The van der Waals surface area contributed by atoms with Gasteiger partial charge in [-0.2, -0.15) is 5.26 Å². The molecule has 1 N–H and O–H groups in total. The lowest BCUT2D eigenvalue weighted by molar-refractivity contribution is 0.154. The molecule has 1 aromatic heterocycles. The standard InChI is InChI=1S/C21H20N4O/c22-14-18-12-10-17(11-13-18)6-4-5-9-20(26)21-24-23-16-25(21)15-19-7-2-1-3-8-19/h1-4,6-8,10-13,16,20,26H,5,9,15H2. The molecule has 5 heteroatoms. The molecule has 0 radical (unpaired) electrons. The largest absolute Gasteiger partial charge is 0.385 e. The van der Waals surface area contributed by atoms with E-state index in [-0.39, 0.29) is 0 Å². The van der Waals surface area contributed by atoms with E-state index in [1.807, 2.05) is 59.2 Å². The predicted molar refractivity (Wildman–Crippen MR) is 100.0 cm³/mol. The van der Waals surface area contributed by atoms with E-state index in [2.05, 4.69) is 16.3 Å². The van der Waals surface area contributed by atoms with Gasteiger partial charge in [-0.1, -0.05) is 54.6 Å². The zero-order valence-corrected chi connectivity index (χ0v) is 14.4. The zero-order valence-electron chi connectivity index (χ0n) is 14.4. The minimum absolute atomic E-state index is 0.570. The number of aliphatic hydroxyl groups excluding tert-OH is 1. The van der Waals surface area contributed by atoms with Gasteiger partial charge in [-0.05, 0) is 36.1 Å². The fraction of sp³-hybridized carbons (Fsp3) is 0.190. The molecule has 5 nitrogen and oxygen atoms in total. The van der Waals surface area contributed by atoms with E-state index in [1.165, 1.54) is 0 Å². The number of aliphatic hydroxyl groups is 1. The lowest BCUT2D eigenvalue weighted by Crippen LogP contribution is -2.09. The third-order valence-electron chi connectivity index (χ3n) is 4.10. The van der Waals surface area contributed by atoms with E-state index in [9.17, 15) is 5.11 Å². The second kappa shape index (κ2) is 8.75. The Morgan fingerprint density at radius 3 is 2.62 bits per heavy atom. The van der Waals surface area contributed by atoms with Crippen molar-refractivity contribution in [3.8, 4) is 6.07 Å². The molecule has 26 heavy (non-hydrogen) atoms. The lowest BCUT2D eigenvalue weighted by Gasteiger charge is -2.11. The smallest absolute Gasteiger partial charge is 0.162 e. The predicted octanol–water partition coefficient (Wildman–Crippen LogP) is 3.73. The van der Waals surface area contributed by atoms with Crippen LogP contribution < -0.4 is 0 Å². The Kier molecular flexibility index (Phi) is 5.92. The van der Waals surface area contributed by atoms with Crippen molar-refractivity contribution in [3.05, 3.63) is 89.5 Å². The summed E-state index contributed by atoms with van der Waals surface area (Å²) in [5, 5.41) is 27.3. The van der Waals surface area contributed by atoms with Crippen molar-refractivity contribution in [3.63, 3.8) is 0 Å². The molecule has 1 atom stereocenters. The molecule has 0 saturated carbocycles. The highest BCUT2D eigenvalue weighted by Crippen LogP contribution is 2.18. The van der Waals surface area contributed by atoms with Crippen molar-refractivity contribution in [1.29, 1.82) is 5.26 Å². The summed E-state index contributed by atoms with van der Waals surface area (Å²) < 4.78 is 1.88. The van der Waals surface area contributed by atoms with Gasteiger partial charge in [0.25, 0.3) is 0 Å². The molecular formula is C21H20N4O. The summed E-state index contributed by atoms with van der Waals surface area (Å²) in [4.78, 5) is 0. The minimum atomic E-state index is -0.660. The van der Waals surface area contributed by atoms with Crippen LogP contribution in [0.1, 0.15) is 41.5 Å². The molecule has 0 aliphatic carbocycles. The van der Waals surface area contributed by atoms with E-state index >= 15 is 0 Å². The van der Waals surface area contributed by atoms with Crippen LogP contribution in [0.4, 0.5) is 0 Å². The summed E-state index contributed by atoms with van der Waals surface area (Å²) in [5.41, 5.74) is 2.82. The number of hydrogen-bond donors (Lipinski definition) is 1. The first kappa shape index (κ1) is 17.6. The molecule has 2 aromatic carbocycles. The third-order valence-corrected chi connectivity index (χ3v) is 4.10. The topological polar surface area (TPSA) is 74.7 Å². The molecule has 3 rings (SSSR count). The maximum atomic E-state index is 10.4. The Balaban J connectivity index is 1.55. The average molecular weight is 344 g/mol. The van der Waals surface area contributed by atoms with Gasteiger partial charge in [0.15, 0.2) is 5.82 Å². The second-order valence-electron chi connectivity index (χ2n) is 6.03. The Labute approximate surface area is 152 Å². The van der Waals surface area contributed by atoms with E-state index in [0.29, 0.717) is 24.4 Å². The fourth-order valence-corrected chi connectivity index (χ4v) is 2.70. The molecule has 0 aliphatic rings. The second-order valence-corrected chi connectivity index (χ2v) is 6.03. The summed E-state index contributed by atoms with van der Waals surface area (Å²) in [7, 11) is 0. The number of rotatable bonds is 7. The van der Waals surface area contributed by atoms with Crippen LogP contribution in [-0.4, -0.2) is 19.9 Å². The van der Waals surface area contributed by atoms with Gasteiger partial charge in [-0.15, -0.1) is 10.2 Å². The van der Waals surface area contributed by atoms with E-state index < -0.39 is 6.10 Å². The number of aromatic nitrogens is 3. The molecule has 0 bridgehead atoms. The minimum Gasteiger partial charge on any atom is -0.385 e. The van der Waals surface area contributed by atoms with Gasteiger partial charge >= 0.3 is 0 Å². The number of nitriles is 1. The molecule has 0 spiro atoms. The first-order valence-corrected chi connectivity index (χ1v) is 8.52. The molecule has 1 unspecified atom stereocenters. The fourth-order valence-electron chi connectivity index (χ4n) is 2.70. The average Bonchev–Trinajstić information content (AvgIpc) is 3.14. The number of hydrogen-bond acceptors (Lipinski definition) is 4. The van der Waals surface area contributed by atoms with Crippen LogP contribution in [0.2, 0.25) is 0 Å². The van der Waals surface area contributed by atoms with Crippen LogP contribution in [0.3, 0.4) is 0 Å². The molecule has 1 heterocycles. The maximum Gasteiger partial charge on any atom is 0.162 e. The highest BCUT2D eigenvalue weighted by molar-refractivity contribution is 5.50. The van der Waals surface area contributed by atoms with Crippen LogP contribution in [0.5, 0.6) is 0 Å². The molecule has 0 amide bonds. The van der Waals surface area contributed by atoms with E-state index in [4.69, 9.17) is 5.26 Å². The van der Waals surface area contributed by atoms with E-state index in [0.717, 1.165) is 17.5 Å². The monoisotopic (exact) mass is 344 g/mol. The van der Waals surface area contributed by atoms with Gasteiger partial charge in [0.05, 0.1) is 18.2 Å². The lowest BCUT2D eigenvalue weighted by atomic mass is 10.1. The summed E-state index contributed by atoms with van der Waals surface area (Å²) >= 11 is 0. The third kappa shape index (κ3) is 4.65. The van der Waals surface area contributed by atoms with Crippen molar-refractivity contribution in [2.45, 2.75) is 25.5 Å².